The molecule has 1 amide bonds. The number of esters is 1. The van der Waals surface area contributed by atoms with Crippen molar-refractivity contribution >= 4 is 22.8 Å². The highest BCUT2D eigenvalue weighted by Gasteiger charge is 2.22. The standard InChI is InChI=1S/C19H24N2O3/c1-12-8-9-16-15(11-12)13-5-3-6-14(18(13)21-16)19(23)20-10-4-7-17(22)24-2/h3,5-6,12,21H,4,7-11H2,1-2H3,(H,20,23). The monoisotopic (exact) mass is 328 g/mol. The maximum Gasteiger partial charge on any atom is 0.305 e. The largest absolute Gasteiger partial charge is 0.469 e. The molecule has 0 spiro atoms. The molecule has 1 heterocycles. The molecule has 0 saturated carbocycles. The molecule has 2 N–H and O–H groups in total. The minimum absolute atomic E-state index is 0.0999. The van der Waals surface area contributed by atoms with E-state index in [0.717, 1.165) is 18.4 Å². The van der Waals surface area contributed by atoms with Crippen molar-refractivity contribution in [2.24, 2.45) is 5.92 Å². The second kappa shape index (κ2) is 7.07. The fourth-order valence-electron chi connectivity index (χ4n) is 3.44. The number of hydrogen-bond acceptors (Lipinski definition) is 3. The molecule has 24 heavy (non-hydrogen) atoms. The zero-order valence-electron chi connectivity index (χ0n) is 14.3. The molecular weight excluding hydrogens is 304 g/mol. The molecule has 1 aliphatic carbocycles. The van der Waals surface area contributed by atoms with Gasteiger partial charge in [0.1, 0.15) is 0 Å². The van der Waals surface area contributed by atoms with Gasteiger partial charge in [-0.25, -0.2) is 0 Å². The lowest BCUT2D eigenvalue weighted by atomic mass is 9.87. The fourth-order valence-corrected chi connectivity index (χ4v) is 3.44. The Balaban J connectivity index is 1.75. The van der Waals surface area contributed by atoms with Crippen molar-refractivity contribution in [2.75, 3.05) is 13.7 Å². The number of ether oxygens (including phenoxy) is 1. The van der Waals surface area contributed by atoms with Crippen molar-refractivity contribution < 1.29 is 14.3 Å². The van der Waals surface area contributed by atoms with Crippen molar-refractivity contribution in [3.8, 4) is 0 Å². The predicted octanol–water partition coefficient (Wildman–Crippen LogP) is 2.98. The number of benzene rings is 1. The van der Waals surface area contributed by atoms with Gasteiger partial charge in [-0.2, -0.15) is 0 Å². The van der Waals surface area contributed by atoms with Gasteiger partial charge in [-0.1, -0.05) is 19.1 Å². The number of rotatable bonds is 5. The Bertz CT molecular complexity index is 763. The molecular formula is C19H24N2O3. The summed E-state index contributed by atoms with van der Waals surface area (Å²) in [5.41, 5.74) is 4.24. The van der Waals surface area contributed by atoms with E-state index in [4.69, 9.17) is 0 Å². The molecule has 2 aromatic rings. The zero-order chi connectivity index (χ0) is 17.1. The van der Waals surface area contributed by atoms with Crippen LogP contribution in [0.2, 0.25) is 0 Å². The van der Waals surface area contributed by atoms with Crippen LogP contribution in [0, 0.1) is 5.92 Å². The summed E-state index contributed by atoms with van der Waals surface area (Å²) in [5.74, 6) is 0.335. The highest BCUT2D eigenvalue weighted by molar-refractivity contribution is 6.06. The lowest BCUT2D eigenvalue weighted by molar-refractivity contribution is -0.140. The third-order valence-electron chi connectivity index (χ3n) is 4.78. The van der Waals surface area contributed by atoms with E-state index in [1.807, 2.05) is 12.1 Å². The Labute approximate surface area is 141 Å². The van der Waals surface area contributed by atoms with Crippen LogP contribution in [0.25, 0.3) is 10.9 Å². The summed E-state index contributed by atoms with van der Waals surface area (Å²) in [6, 6.07) is 5.89. The van der Waals surface area contributed by atoms with E-state index < -0.39 is 0 Å². The Morgan fingerprint density at radius 2 is 2.21 bits per heavy atom. The van der Waals surface area contributed by atoms with Gasteiger partial charge in [0.2, 0.25) is 0 Å². The van der Waals surface area contributed by atoms with Crippen LogP contribution in [-0.2, 0) is 22.4 Å². The second-order valence-corrected chi connectivity index (χ2v) is 6.59. The van der Waals surface area contributed by atoms with Crippen molar-refractivity contribution in [3.05, 3.63) is 35.0 Å². The molecule has 1 unspecified atom stereocenters. The first-order chi connectivity index (χ1) is 11.6. The van der Waals surface area contributed by atoms with Crippen LogP contribution >= 0.6 is 0 Å². The lowest BCUT2D eigenvalue weighted by Crippen LogP contribution is -2.25. The first-order valence-corrected chi connectivity index (χ1v) is 8.57. The number of amides is 1. The maximum atomic E-state index is 12.5. The second-order valence-electron chi connectivity index (χ2n) is 6.59. The molecule has 0 saturated heterocycles. The quantitative estimate of drug-likeness (QED) is 0.655. The highest BCUT2D eigenvalue weighted by Crippen LogP contribution is 2.32. The Morgan fingerprint density at radius 3 is 3.00 bits per heavy atom. The molecule has 0 fully saturated rings. The molecule has 1 aliphatic rings. The van der Waals surface area contributed by atoms with E-state index in [1.165, 1.54) is 30.2 Å². The van der Waals surface area contributed by atoms with Gasteiger partial charge in [0.25, 0.3) is 5.91 Å². The molecule has 3 rings (SSSR count). The minimum Gasteiger partial charge on any atom is -0.469 e. The van der Waals surface area contributed by atoms with Gasteiger partial charge >= 0.3 is 5.97 Å². The normalized spacial score (nSPS) is 16.7. The molecule has 0 aliphatic heterocycles. The van der Waals surface area contributed by atoms with E-state index in [1.54, 1.807) is 0 Å². The topological polar surface area (TPSA) is 71.2 Å². The van der Waals surface area contributed by atoms with E-state index in [2.05, 4.69) is 28.0 Å². The molecule has 1 atom stereocenters. The van der Waals surface area contributed by atoms with E-state index in [-0.39, 0.29) is 11.9 Å². The zero-order valence-corrected chi connectivity index (χ0v) is 14.3. The Kier molecular flexibility index (Phi) is 4.88. The van der Waals surface area contributed by atoms with Crippen molar-refractivity contribution in [1.29, 1.82) is 0 Å². The number of fused-ring (bicyclic) bond motifs is 3. The van der Waals surface area contributed by atoms with Gasteiger partial charge in [-0.05, 0) is 43.2 Å². The number of carbonyl (C=O) groups is 2. The minimum atomic E-state index is -0.252. The molecule has 1 aromatic carbocycles. The summed E-state index contributed by atoms with van der Waals surface area (Å²) < 4.78 is 4.60. The Morgan fingerprint density at radius 1 is 1.38 bits per heavy atom. The fraction of sp³-hybridized carbons (Fsp3) is 0.474. The Hall–Kier alpha value is -2.30. The summed E-state index contributed by atoms with van der Waals surface area (Å²) in [5, 5.41) is 4.06. The smallest absolute Gasteiger partial charge is 0.305 e. The number of carbonyl (C=O) groups excluding carboxylic acids is 2. The van der Waals surface area contributed by atoms with Gasteiger partial charge in [0, 0.05) is 24.0 Å². The average Bonchev–Trinajstić information content (AvgIpc) is 2.96. The van der Waals surface area contributed by atoms with Gasteiger partial charge in [-0.15, -0.1) is 0 Å². The summed E-state index contributed by atoms with van der Waals surface area (Å²) in [6.45, 7) is 2.74. The number of nitrogens with one attached hydrogen (secondary N) is 2. The number of aromatic nitrogens is 1. The number of para-hydroxylation sites is 1. The molecule has 0 bridgehead atoms. The maximum absolute atomic E-state index is 12.5. The van der Waals surface area contributed by atoms with Crippen LogP contribution in [0.3, 0.4) is 0 Å². The number of methoxy groups -OCH3 is 1. The lowest BCUT2D eigenvalue weighted by Gasteiger charge is -2.17. The SMILES string of the molecule is COC(=O)CCCNC(=O)c1cccc2c3c([nH]c12)CCC(C)C3. The van der Waals surface area contributed by atoms with Crippen LogP contribution in [0.15, 0.2) is 18.2 Å². The van der Waals surface area contributed by atoms with Crippen LogP contribution in [0.1, 0.15) is 47.8 Å². The van der Waals surface area contributed by atoms with Gasteiger partial charge in [-0.3, -0.25) is 9.59 Å². The van der Waals surface area contributed by atoms with Gasteiger partial charge < -0.3 is 15.0 Å². The van der Waals surface area contributed by atoms with Gasteiger partial charge in [0.15, 0.2) is 0 Å². The van der Waals surface area contributed by atoms with Crippen LogP contribution in [-0.4, -0.2) is 30.5 Å². The molecule has 128 valence electrons. The first kappa shape index (κ1) is 16.6. The van der Waals surface area contributed by atoms with Crippen molar-refractivity contribution in [1.82, 2.24) is 10.3 Å². The van der Waals surface area contributed by atoms with Gasteiger partial charge in [0.05, 0.1) is 18.2 Å². The number of H-pyrrole nitrogens is 1. The van der Waals surface area contributed by atoms with Crippen molar-refractivity contribution in [3.63, 3.8) is 0 Å². The third-order valence-corrected chi connectivity index (χ3v) is 4.78. The highest BCUT2D eigenvalue weighted by atomic mass is 16.5. The molecule has 0 radical (unpaired) electrons. The summed E-state index contributed by atoms with van der Waals surface area (Å²) in [4.78, 5) is 27.1. The number of aromatic amines is 1. The third kappa shape index (κ3) is 3.30. The molecule has 5 heteroatoms. The van der Waals surface area contributed by atoms with Crippen LogP contribution < -0.4 is 5.32 Å². The predicted molar refractivity (Wildman–Crippen MR) is 93.1 cm³/mol. The number of hydrogen-bond donors (Lipinski definition) is 2. The van der Waals surface area contributed by atoms with Crippen LogP contribution in [0.4, 0.5) is 0 Å². The van der Waals surface area contributed by atoms with E-state index in [0.29, 0.717) is 30.9 Å². The van der Waals surface area contributed by atoms with E-state index in [9.17, 15) is 9.59 Å². The summed E-state index contributed by atoms with van der Waals surface area (Å²) in [7, 11) is 1.37. The van der Waals surface area contributed by atoms with E-state index >= 15 is 0 Å². The summed E-state index contributed by atoms with van der Waals surface area (Å²) in [6.07, 6.45) is 4.20. The number of aryl methyl sites for hydroxylation is 1. The van der Waals surface area contributed by atoms with Crippen LogP contribution in [0.5, 0.6) is 0 Å². The summed E-state index contributed by atoms with van der Waals surface area (Å²) >= 11 is 0. The first-order valence-electron chi connectivity index (χ1n) is 8.57. The molecule has 5 nitrogen and oxygen atoms in total. The van der Waals surface area contributed by atoms with Crippen molar-refractivity contribution in [2.45, 2.75) is 39.0 Å². The average molecular weight is 328 g/mol. The molecule has 1 aromatic heterocycles.